The van der Waals surface area contributed by atoms with Gasteiger partial charge in [0.2, 0.25) is 5.95 Å². The van der Waals surface area contributed by atoms with E-state index in [2.05, 4.69) is 30.2 Å². The number of carbonyl (C=O) groups is 1. The monoisotopic (exact) mass is 401 g/mol. The lowest BCUT2D eigenvalue weighted by Crippen LogP contribution is -2.60. The van der Waals surface area contributed by atoms with Crippen molar-refractivity contribution in [2.45, 2.75) is 30.9 Å². The second-order valence-electron chi connectivity index (χ2n) is 6.56. The SMILES string of the molecule is Nc1nc(N)c2c(ncn2C[C@H]2OC[C@@H](NC(=O)c3cnccn3)[C@H](O)[C@@H]2O)n1. The second kappa shape index (κ2) is 7.54. The van der Waals surface area contributed by atoms with Gasteiger partial charge in [-0.1, -0.05) is 0 Å². The van der Waals surface area contributed by atoms with Crippen molar-refractivity contribution in [1.82, 2.24) is 34.8 Å². The Balaban J connectivity index is 1.45. The maximum absolute atomic E-state index is 12.2. The summed E-state index contributed by atoms with van der Waals surface area (Å²) >= 11 is 0. The molecule has 4 heterocycles. The minimum atomic E-state index is -1.27. The standard InChI is InChI=1S/C16H19N9O4/c17-13-10-14(24-16(18)23-13)21-6-25(10)4-9-12(27)11(26)8(5-29-9)22-15(28)7-3-19-1-2-20-7/h1-3,6,8-9,11-12,26-27H,4-5H2,(H,22,28)(H4,17,18,23,24)/t8-,9-,11+,12-/m1/s1. The lowest BCUT2D eigenvalue weighted by Gasteiger charge is -2.38. The lowest BCUT2D eigenvalue weighted by molar-refractivity contribution is -0.152. The van der Waals surface area contributed by atoms with E-state index in [1.54, 1.807) is 4.57 Å². The Morgan fingerprint density at radius 2 is 2.07 bits per heavy atom. The number of nitrogens with zero attached hydrogens (tertiary/aromatic N) is 6. The Labute approximate surface area is 163 Å². The predicted octanol–water partition coefficient (Wildman–Crippen LogP) is -2.30. The number of imidazole rings is 1. The molecule has 0 aromatic carbocycles. The van der Waals surface area contributed by atoms with Gasteiger partial charge in [-0.15, -0.1) is 0 Å². The van der Waals surface area contributed by atoms with Crippen LogP contribution < -0.4 is 16.8 Å². The van der Waals surface area contributed by atoms with E-state index < -0.39 is 30.3 Å². The number of amides is 1. The highest BCUT2D eigenvalue weighted by Crippen LogP contribution is 2.22. The molecule has 13 heteroatoms. The molecular formula is C16H19N9O4. The van der Waals surface area contributed by atoms with Crippen molar-refractivity contribution in [2.24, 2.45) is 0 Å². The molecule has 7 N–H and O–H groups in total. The van der Waals surface area contributed by atoms with Crippen molar-refractivity contribution >= 4 is 28.8 Å². The van der Waals surface area contributed by atoms with E-state index in [4.69, 9.17) is 16.2 Å². The summed E-state index contributed by atoms with van der Waals surface area (Å²) in [4.78, 5) is 31.9. The number of rotatable bonds is 4. The molecule has 1 amide bonds. The van der Waals surface area contributed by atoms with Crippen LogP contribution in [-0.2, 0) is 11.3 Å². The minimum Gasteiger partial charge on any atom is -0.388 e. The Morgan fingerprint density at radius 3 is 2.83 bits per heavy atom. The number of nitrogen functional groups attached to an aromatic ring is 2. The number of aliphatic hydroxyl groups excluding tert-OH is 2. The van der Waals surface area contributed by atoms with Gasteiger partial charge < -0.3 is 36.3 Å². The summed E-state index contributed by atoms with van der Waals surface area (Å²) < 4.78 is 7.29. The molecule has 1 fully saturated rings. The molecule has 1 saturated heterocycles. The zero-order valence-corrected chi connectivity index (χ0v) is 15.1. The fourth-order valence-electron chi connectivity index (χ4n) is 3.19. The number of nitrogens with two attached hydrogens (primary N) is 2. The average Bonchev–Trinajstić information content (AvgIpc) is 3.11. The van der Waals surface area contributed by atoms with Gasteiger partial charge in [0.1, 0.15) is 29.5 Å². The number of ether oxygens (including phenoxy) is 1. The number of aromatic nitrogens is 6. The largest absolute Gasteiger partial charge is 0.388 e. The highest BCUT2D eigenvalue weighted by atomic mass is 16.5. The van der Waals surface area contributed by atoms with Crippen molar-refractivity contribution < 1.29 is 19.7 Å². The van der Waals surface area contributed by atoms with Gasteiger partial charge in [-0.25, -0.2) is 9.97 Å². The van der Waals surface area contributed by atoms with E-state index in [-0.39, 0.29) is 30.6 Å². The number of anilines is 2. The van der Waals surface area contributed by atoms with Crippen LogP contribution in [0.5, 0.6) is 0 Å². The molecule has 3 aromatic rings. The van der Waals surface area contributed by atoms with Gasteiger partial charge in [0.15, 0.2) is 11.5 Å². The minimum absolute atomic E-state index is 0.00584. The number of hydrogen-bond acceptors (Lipinski definition) is 11. The zero-order valence-electron chi connectivity index (χ0n) is 15.1. The van der Waals surface area contributed by atoms with E-state index in [0.29, 0.717) is 11.2 Å². The van der Waals surface area contributed by atoms with Crippen molar-refractivity contribution in [2.75, 3.05) is 18.1 Å². The second-order valence-corrected chi connectivity index (χ2v) is 6.56. The van der Waals surface area contributed by atoms with Gasteiger partial charge in [-0.3, -0.25) is 9.78 Å². The van der Waals surface area contributed by atoms with Crippen molar-refractivity contribution in [3.63, 3.8) is 0 Å². The molecule has 0 saturated carbocycles. The highest BCUT2D eigenvalue weighted by Gasteiger charge is 2.39. The summed E-state index contributed by atoms with van der Waals surface area (Å²) in [6, 6.07) is -0.816. The van der Waals surface area contributed by atoms with E-state index >= 15 is 0 Å². The van der Waals surface area contributed by atoms with Gasteiger partial charge in [-0.05, 0) is 0 Å². The van der Waals surface area contributed by atoms with Crippen molar-refractivity contribution in [3.05, 3.63) is 30.6 Å². The number of fused-ring (bicyclic) bond motifs is 1. The summed E-state index contributed by atoms with van der Waals surface area (Å²) in [5, 5.41) is 23.6. The molecule has 0 radical (unpaired) electrons. The third-order valence-corrected chi connectivity index (χ3v) is 4.64. The molecule has 29 heavy (non-hydrogen) atoms. The molecule has 4 rings (SSSR count). The number of hydrogen-bond donors (Lipinski definition) is 5. The van der Waals surface area contributed by atoms with Crippen LogP contribution in [0.3, 0.4) is 0 Å². The Bertz CT molecular complexity index is 1030. The summed E-state index contributed by atoms with van der Waals surface area (Å²) in [6.45, 7) is 0.123. The molecule has 0 unspecified atom stereocenters. The van der Waals surface area contributed by atoms with Crippen LogP contribution >= 0.6 is 0 Å². The maximum Gasteiger partial charge on any atom is 0.271 e. The van der Waals surface area contributed by atoms with E-state index in [9.17, 15) is 15.0 Å². The first kappa shape index (κ1) is 18.9. The van der Waals surface area contributed by atoms with Crippen LogP contribution in [0.15, 0.2) is 24.9 Å². The quantitative estimate of drug-likeness (QED) is 0.315. The highest BCUT2D eigenvalue weighted by molar-refractivity contribution is 5.92. The molecule has 152 valence electrons. The Hall–Kier alpha value is -3.42. The number of nitrogens with one attached hydrogen (secondary N) is 1. The van der Waals surface area contributed by atoms with Crippen LogP contribution in [0.4, 0.5) is 11.8 Å². The van der Waals surface area contributed by atoms with Crippen molar-refractivity contribution in [3.8, 4) is 0 Å². The van der Waals surface area contributed by atoms with Crippen LogP contribution in [0.1, 0.15) is 10.5 Å². The fraction of sp³-hybridized carbons (Fsp3) is 0.375. The molecule has 13 nitrogen and oxygen atoms in total. The summed E-state index contributed by atoms with van der Waals surface area (Å²) in [5.41, 5.74) is 12.3. The van der Waals surface area contributed by atoms with Crippen LogP contribution in [0, 0.1) is 0 Å². The number of aliphatic hydroxyl groups is 2. The molecule has 0 spiro atoms. The molecule has 4 atom stereocenters. The summed E-state index contributed by atoms with van der Waals surface area (Å²) in [6.07, 6.45) is 2.29. The molecule has 1 aliphatic heterocycles. The average molecular weight is 401 g/mol. The fourth-order valence-corrected chi connectivity index (χ4v) is 3.19. The van der Waals surface area contributed by atoms with Crippen molar-refractivity contribution in [1.29, 1.82) is 0 Å². The third kappa shape index (κ3) is 3.65. The Kier molecular flexibility index (Phi) is 4.92. The topological polar surface area (TPSA) is 200 Å². The van der Waals surface area contributed by atoms with Gasteiger partial charge in [-0.2, -0.15) is 9.97 Å². The molecule has 1 aliphatic rings. The maximum atomic E-state index is 12.2. The molecular weight excluding hydrogens is 382 g/mol. The summed E-state index contributed by atoms with van der Waals surface area (Å²) in [5.74, 6) is -0.379. The van der Waals surface area contributed by atoms with E-state index in [1.807, 2.05) is 0 Å². The van der Waals surface area contributed by atoms with Crippen LogP contribution in [0.25, 0.3) is 11.2 Å². The zero-order chi connectivity index (χ0) is 20.5. The first-order chi connectivity index (χ1) is 13.9. The van der Waals surface area contributed by atoms with Gasteiger partial charge in [0.25, 0.3) is 5.91 Å². The Morgan fingerprint density at radius 1 is 1.24 bits per heavy atom. The molecule has 0 aliphatic carbocycles. The summed E-state index contributed by atoms with van der Waals surface area (Å²) in [7, 11) is 0. The first-order valence-corrected chi connectivity index (χ1v) is 8.72. The van der Waals surface area contributed by atoms with Crippen LogP contribution in [0.2, 0.25) is 0 Å². The predicted molar refractivity (Wildman–Crippen MR) is 99.2 cm³/mol. The molecule has 0 bridgehead atoms. The van der Waals surface area contributed by atoms with Crippen LogP contribution in [-0.4, -0.2) is 76.6 Å². The lowest BCUT2D eigenvalue weighted by atomic mass is 9.97. The van der Waals surface area contributed by atoms with Gasteiger partial charge >= 0.3 is 0 Å². The van der Waals surface area contributed by atoms with Gasteiger partial charge in [0, 0.05) is 12.4 Å². The van der Waals surface area contributed by atoms with E-state index in [0.717, 1.165) is 0 Å². The van der Waals surface area contributed by atoms with Gasteiger partial charge in [0.05, 0.1) is 31.7 Å². The van der Waals surface area contributed by atoms with E-state index in [1.165, 1.54) is 24.9 Å². The third-order valence-electron chi connectivity index (χ3n) is 4.64. The normalized spacial score (nSPS) is 24.5. The first-order valence-electron chi connectivity index (χ1n) is 8.72. The number of carbonyl (C=O) groups excluding carboxylic acids is 1. The smallest absolute Gasteiger partial charge is 0.271 e. The molecule has 3 aromatic heterocycles.